The molecule has 2 aliphatic heterocycles. The normalized spacial score (nSPS) is 25.5. The Morgan fingerprint density at radius 1 is 1.48 bits per heavy atom. The first-order valence-electron chi connectivity index (χ1n) is 7.89. The van der Waals surface area contributed by atoms with Crippen molar-refractivity contribution in [3.63, 3.8) is 0 Å². The highest BCUT2D eigenvalue weighted by molar-refractivity contribution is 5.75. The van der Waals surface area contributed by atoms with Crippen LogP contribution in [0.1, 0.15) is 50.1 Å². The zero-order chi connectivity index (χ0) is 14.7. The molecule has 2 amide bonds. The van der Waals surface area contributed by atoms with Gasteiger partial charge in [-0.1, -0.05) is 12.1 Å². The predicted molar refractivity (Wildman–Crippen MR) is 76.9 cm³/mol. The maximum atomic E-state index is 12.4. The third kappa shape index (κ3) is 3.20. The van der Waals surface area contributed by atoms with Gasteiger partial charge < -0.3 is 19.5 Å². The molecule has 1 N–H and O–H groups in total. The largest absolute Gasteiger partial charge is 0.376 e. The molecule has 0 unspecified atom stereocenters. The van der Waals surface area contributed by atoms with Crippen molar-refractivity contribution in [1.82, 2.24) is 15.4 Å². The molecule has 21 heavy (non-hydrogen) atoms. The summed E-state index contributed by atoms with van der Waals surface area (Å²) in [5.74, 6) is 0.802. The minimum atomic E-state index is -0.0255. The van der Waals surface area contributed by atoms with Crippen LogP contribution in [-0.4, -0.2) is 41.9 Å². The Labute approximate surface area is 124 Å². The van der Waals surface area contributed by atoms with E-state index in [1.54, 1.807) is 0 Å². The van der Waals surface area contributed by atoms with Crippen LogP contribution in [0.25, 0.3) is 0 Å². The Hall–Kier alpha value is -1.56. The van der Waals surface area contributed by atoms with Crippen molar-refractivity contribution in [3.8, 4) is 0 Å². The second-order valence-electron chi connectivity index (χ2n) is 5.75. The molecule has 0 spiro atoms. The summed E-state index contributed by atoms with van der Waals surface area (Å²) in [6.45, 7) is 4.22. The number of carbonyl (C=O) groups excluding carboxylic acids is 1. The van der Waals surface area contributed by atoms with Crippen LogP contribution >= 0.6 is 0 Å². The fourth-order valence-electron chi connectivity index (χ4n) is 3.07. The van der Waals surface area contributed by atoms with Crippen molar-refractivity contribution in [2.24, 2.45) is 0 Å². The summed E-state index contributed by atoms with van der Waals surface area (Å²) in [4.78, 5) is 14.2. The van der Waals surface area contributed by atoms with E-state index in [-0.39, 0.29) is 18.2 Å². The van der Waals surface area contributed by atoms with Crippen LogP contribution in [0.2, 0.25) is 0 Å². The molecule has 2 fully saturated rings. The van der Waals surface area contributed by atoms with Gasteiger partial charge in [0.05, 0.1) is 17.8 Å². The third-order valence-corrected chi connectivity index (χ3v) is 4.29. The molecule has 0 radical (unpaired) electrons. The van der Waals surface area contributed by atoms with Crippen molar-refractivity contribution in [2.75, 3.05) is 19.7 Å². The highest BCUT2D eigenvalue weighted by Gasteiger charge is 2.33. The number of nitrogens with zero attached hydrogens (tertiary/aromatic N) is 2. The average Bonchev–Trinajstić information content (AvgIpc) is 3.23. The summed E-state index contributed by atoms with van der Waals surface area (Å²) in [6, 6.07) is 1.96. The lowest BCUT2D eigenvalue weighted by Crippen LogP contribution is -2.42. The molecule has 2 aliphatic rings. The van der Waals surface area contributed by atoms with E-state index in [2.05, 4.69) is 10.5 Å². The van der Waals surface area contributed by atoms with E-state index in [1.807, 2.05) is 17.9 Å². The zero-order valence-electron chi connectivity index (χ0n) is 12.5. The maximum Gasteiger partial charge on any atom is 0.318 e. The van der Waals surface area contributed by atoms with Gasteiger partial charge in [-0.2, -0.15) is 0 Å². The van der Waals surface area contributed by atoms with Crippen LogP contribution in [0.5, 0.6) is 0 Å². The van der Waals surface area contributed by atoms with Crippen molar-refractivity contribution in [3.05, 3.63) is 17.5 Å². The highest BCUT2D eigenvalue weighted by atomic mass is 16.5. The first-order chi connectivity index (χ1) is 10.3. The second kappa shape index (κ2) is 6.47. The minimum Gasteiger partial charge on any atom is -0.376 e. The van der Waals surface area contributed by atoms with Crippen molar-refractivity contribution in [2.45, 2.75) is 51.2 Å². The summed E-state index contributed by atoms with van der Waals surface area (Å²) in [7, 11) is 0. The average molecular weight is 293 g/mol. The van der Waals surface area contributed by atoms with Crippen LogP contribution in [0.4, 0.5) is 4.79 Å². The van der Waals surface area contributed by atoms with Gasteiger partial charge in [-0.05, 0) is 32.1 Å². The van der Waals surface area contributed by atoms with Crippen molar-refractivity contribution < 1.29 is 14.1 Å². The van der Waals surface area contributed by atoms with E-state index in [4.69, 9.17) is 9.26 Å². The molecule has 3 heterocycles. The number of aromatic nitrogens is 1. The Morgan fingerprint density at radius 3 is 3.10 bits per heavy atom. The van der Waals surface area contributed by atoms with Crippen molar-refractivity contribution in [1.29, 1.82) is 0 Å². The van der Waals surface area contributed by atoms with Gasteiger partial charge in [0.15, 0.2) is 5.76 Å². The summed E-state index contributed by atoms with van der Waals surface area (Å²) in [5.41, 5.74) is 0.941. The molecule has 6 heteroatoms. The number of urea groups is 1. The number of aryl methyl sites for hydroxylation is 1. The fourth-order valence-corrected chi connectivity index (χ4v) is 3.07. The van der Waals surface area contributed by atoms with Gasteiger partial charge in [-0.25, -0.2) is 4.79 Å². The number of nitrogens with one attached hydrogen (secondary N) is 1. The molecule has 0 aromatic carbocycles. The van der Waals surface area contributed by atoms with Gasteiger partial charge >= 0.3 is 6.03 Å². The van der Waals surface area contributed by atoms with E-state index in [9.17, 15) is 4.79 Å². The Bertz CT molecular complexity index is 482. The van der Waals surface area contributed by atoms with E-state index in [1.165, 1.54) is 0 Å². The Balaban J connectivity index is 1.58. The van der Waals surface area contributed by atoms with Gasteiger partial charge in [0, 0.05) is 25.8 Å². The monoisotopic (exact) mass is 293 g/mol. The van der Waals surface area contributed by atoms with Crippen LogP contribution in [-0.2, 0) is 11.2 Å². The van der Waals surface area contributed by atoms with Crippen LogP contribution in [0, 0.1) is 0 Å². The number of carbonyl (C=O) groups is 1. The van der Waals surface area contributed by atoms with Gasteiger partial charge in [0.2, 0.25) is 0 Å². The summed E-state index contributed by atoms with van der Waals surface area (Å²) in [6.07, 6.45) is 5.08. The number of hydrogen-bond donors (Lipinski definition) is 1. The van der Waals surface area contributed by atoms with E-state index in [0.717, 1.165) is 56.7 Å². The van der Waals surface area contributed by atoms with Gasteiger partial charge in [-0.15, -0.1) is 0 Å². The lowest BCUT2D eigenvalue weighted by atomic mass is 10.1. The summed E-state index contributed by atoms with van der Waals surface area (Å²) < 4.78 is 10.9. The lowest BCUT2D eigenvalue weighted by molar-refractivity contribution is 0.108. The predicted octanol–water partition coefficient (Wildman–Crippen LogP) is 2.26. The molecular weight excluding hydrogens is 270 g/mol. The number of likely N-dealkylation sites (tertiary alicyclic amines) is 1. The molecule has 0 aliphatic carbocycles. The molecule has 0 saturated carbocycles. The molecule has 116 valence electrons. The number of ether oxygens (including phenoxy) is 1. The van der Waals surface area contributed by atoms with E-state index in [0.29, 0.717) is 6.54 Å². The smallest absolute Gasteiger partial charge is 0.318 e. The third-order valence-electron chi connectivity index (χ3n) is 4.29. The molecular formula is C15H23N3O3. The van der Waals surface area contributed by atoms with Crippen LogP contribution in [0.3, 0.4) is 0 Å². The van der Waals surface area contributed by atoms with Crippen LogP contribution < -0.4 is 5.32 Å². The van der Waals surface area contributed by atoms with Gasteiger partial charge in [0.1, 0.15) is 0 Å². The minimum absolute atomic E-state index is 0.0160. The first-order valence-corrected chi connectivity index (χ1v) is 7.89. The Morgan fingerprint density at radius 2 is 2.38 bits per heavy atom. The highest BCUT2D eigenvalue weighted by Crippen LogP contribution is 2.32. The number of rotatable bonds is 4. The van der Waals surface area contributed by atoms with Gasteiger partial charge in [-0.3, -0.25) is 0 Å². The summed E-state index contributed by atoms with van der Waals surface area (Å²) >= 11 is 0. The van der Waals surface area contributed by atoms with E-state index < -0.39 is 0 Å². The van der Waals surface area contributed by atoms with Crippen LogP contribution in [0.15, 0.2) is 10.6 Å². The van der Waals surface area contributed by atoms with E-state index >= 15 is 0 Å². The molecule has 3 rings (SSSR count). The van der Waals surface area contributed by atoms with Gasteiger partial charge in [0.25, 0.3) is 0 Å². The molecule has 1 aromatic rings. The maximum absolute atomic E-state index is 12.4. The summed E-state index contributed by atoms with van der Waals surface area (Å²) in [5, 5.41) is 7.02. The molecule has 1 aromatic heterocycles. The van der Waals surface area contributed by atoms with Crippen molar-refractivity contribution >= 4 is 6.03 Å². The Kier molecular flexibility index (Phi) is 4.43. The quantitative estimate of drug-likeness (QED) is 0.924. The first kappa shape index (κ1) is 14.4. The fraction of sp³-hybridized carbons (Fsp3) is 0.733. The number of amides is 2. The SMILES string of the molecule is CCc1cc([C@H]2CCCN2C(=O)NC[C@H]2CCCO2)on1. The number of hydrogen-bond acceptors (Lipinski definition) is 4. The lowest BCUT2D eigenvalue weighted by Gasteiger charge is -2.23. The molecule has 2 atom stereocenters. The topological polar surface area (TPSA) is 67.6 Å². The molecule has 2 saturated heterocycles. The molecule has 6 nitrogen and oxygen atoms in total. The standard InChI is InChI=1S/C15H23N3O3/c1-2-11-9-14(21-17-11)13-6-3-7-18(13)15(19)16-10-12-5-4-8-20-12/h9,12-13H,2-8,10H2,1H3,(H,16,19)/t12-,13-/m1/s1. The molecule has 0 bridgehead atoms. The second-order valence-corrected chi connectivity index (χ2v) is 5.75. The zero-order valence-corrected chi connectivity index (χ0v) is 12.5.